The number of aromatic amines is 1. The van der Waals surface area contributed by atoms with Gasteiger partial charge < -0.3 is 15.0 Å². The van der Waals surface area contributed by atoms with Gasteiger partial charge in [-0.05, 0) is 17.7 Å². The summed E-state index contributed by atoms with van der Waals surface area (Å²) in [6.45, 7) is 0. The van der Waals surface area contributed by atoms with E-state index in [2.05, 4.69) is 21.2 Å². The third-order valence-corrected chi connectivity index (χ3v) is 4.52. The highest BCUT2D eigenvalue weighted by Crippen LogP contribution is 2.34. The van der Waals surface area contributed by atoms with Crippen molar-refractivity contribution in [2.75, 3.05) is 18.2 Å². The molecule has 7 heteroatoms. The van der Waals surface area contributed by atoms with Gasteiger partial charge >= 0.3 is 0 Å². The zero-order chi connectivity index (χ0) is 17.1. The molecule has 1 aromatic heterocycles. The number of rotatable bonds is 4. The normalized spacial score (nSPS) is 16.0. The molecule has 0 aliphatic carbocycles. The van der Waals surface area contributed by atoms with Gasteiger partial charge in [0.1, 0.15) is 11.6 Å². The maximum Gasteiger partial charge on any atom is 0.257 e. The van der Waals surface area contributed by atoms with Crippen LogP contribution < -0.4 is 15.6 Å². The lowest BCUT2D eigenvalue weighted by Gasteiger charge is -2.24. The summed E-state index contributed by atoms with van der Waals surface area (Å²) in [4.78, 5) is 31.6. The molecule has 0 fully saturated rings. The molecule has 2 N–H and O–H groups in total. The minimum absolute atomic E-state index is 0.172. The van der Waals surface area contributed by atoms with E-state index < -0.39 is 0 Å². The van der Waals surface area contributed by atoms with Gasteiger partial charge in [-0.15, -0.1) is 6.42 Å². The number of hydrogen-bond acceptors (Lipinski definition) is 5. The number of thioether (sulfide) groups is 1. The molecule has 0 saturated carbocycles. The first kappa shape index (κ1) is 16.1. The third kappa shape index (κ3) is 3.14. The van der Waals surface area contributed by atoms with Crippen LogP contribution in [-0.2, 0) is 4.79 Å². The van der Waals surface area contributed by atoms with Crippen LogP contribution >= 0.6 is 11.8 Å². The molecule has 24 heavy (non-hydrogen) atoms. The predicted octanol–water partition coefficient (Wildman–Crippen LogP) is 1.98. The molecule has 0 saturated heterocycles. The number of terminal acetylenes is 1. The van der Waals surface area contributed by atoms with Crippen molar-refractivity contribution in [2.45, 2.75) is 17.5 Å². The molecule has 3 rings (SSSR count). The molecule has 1 amide bonds. The van der Waals surface area contributed by atoms with Crippen LogP contribution in [0.5, 0.6) is 5.75 Å². The van der Waals surface area contributed by atoms with E-state index in [0.717, 1.165) is 5.56 Å². The predicted molar refractivity (Wildman–Crippen MR) is 92.5 cm³/mol. The number of fused-ring (bicyclic) bond motifs is 1. The number of methoxy groups -OCH3 is 1. The maximum atomic E-state index is 12.5. The Morgan fingerprint density at radius 1 is 1.38 bits per heavy atom. The lowest BCUT2D eigenvalue weighted by Crippen LogP contribution is -2.31. The molecule has 0 spiro atoms. The standard InChI is InChI=1S/C17H15N3O3S/c1-3-8-24-17-19-15-14(16(22)20-17)12(9-13(21)18-15)10-4-6-11(23-2)7-5-10/h1,4-7,12H,8-9H2,2H3,(H2,18,19,20,21,22). The Hall–Kier alpha value is -2.72. The SMILES string of the molecule is C#CCSc1nc2c(c(=O)[nH]1)C(c1ccc(OC)cc1)CC(=O)N2. The second-order valence-corrected chi connectivity index (χ2v) is 6.17. The van der Waals surface area contributed by atoms with Crippen molar-refractivity contribution in [1.29, 1.82) is 0 Å². The number of carbonyl (C=O) groups is 1. The number of anilines is 1. The zero-order valence-corrected chi connectivity index (χ0v) is 13.8. The molecule has 1 atom stereocenters. The summed E-state index contributed by atoms with van der Waals surface area (Å²) < 4.78 is 5.15. The van der Waals surface area contributed by atoms with E-state index >= 15 is 0 Å². The number of amides is 1. The van der Waals surface area contributed by atoms with Gasteiger partial charge in [-0.3, -0.25) is 9.59 Å². The summed E-state index contributed by atoms with van der Waals surface area (Å²) in [6, 6.07) is 7.32. The molecule has 1 unspecified atom stereocenters. The van der Waals surface area contributed by atoms with Crippen molar-refractivity contribution >= 4 is 23.5 Å². The molecule has 1 aliphatic heterocycles. The summed E-state index contributed by atoms with van der Waals surface area (Å²) in [5, 5.41) is 3.08. The average Bonchev–Trinajstić information content (AvgIpc) is 2.59. The summed E-state index contributed by atoms with van der Waals surface area (Å²) in [5.74, 6) is 3.36. The van der Waals surface area contributed by atoms with Crippen LogP contribution in [0.2, 0.25) is 0 Å². The first-order chi connectivity index (χ1) is 11.6. The Morgan fingerprint density at radius 3 is 2.79 bits per heavy atom. The molecule has 0 radical (unpaired) electrons. The second-order valence-electron chi connectivity index (χ2n) is 5.20. The van der Waals surface area contributed by atoms with Gasteiger partial charge in [0.25, 0.3) is 5.56 Å². The van der Waals surface area contributed by atoms with Crippen LogP contribution in [0.25, 0.3) is 0 Å². The van der Waals surface area contributed by atoms with Crippen LogP contribution in [0, 0.1) is 12.3 Å². The molecular weight excluding hydrogens is 326 g/mol. The van der Waals surface area contributed by atoms with Crippen molar-refractivity contribution in [3.63, 3.8) is 0 Å². The molecule has 6 nitrogen and oxygen atoms in total. The lowest BCUT2D eigenvalue weighted by molar-refractivity contribution is -0.116. The quantitative estimate of drug-likeness (QED) is 0.505. The Kier molecular flexibility index (Phi) is 4.58. The summed E-state index contributed by atoms with van der Waals surface area (Å²) in [6.07, 6.45) is 5.42. The van der Waals surface area contributed by atoms with Crippen molar-refractivity contribution in [3.05, 3.63) is 45.7 Å². The highest BCUT2D eigenvalue weighted by atomic mass is 32.2. The van der Waals surface area contributed by atoms with Crippen molar-refractivity contribution < 1.29 is 9.53 Å². The fourth-order valence-corrected chi connectivity index (χ4v) is 3.19. The second kappa shape index (κ2) is 6.81. The topological polar surface area (TPSA) is 84.1 Å². The van der Waals surface area contributed by atoms with E-state index in [1.165, 1.54) is 11.8 Å². The van der Waals surface area contributed by atoms with Crippen molar-refractivity contribution in [1.82, 2.24) is 9.97 Å². The number of H-pyrrole nitrogens is 1. The molecule has 1 aliphatic rings. The Morgan fingerprint density at radius 2 is 2.12 bits per heavy atom. The van der Waals surface area contributed by atoms with Gasteiger partial charge in [-0.25, -0.2) is 4.98 Å². The molecule has 0 bridgehead atoms. The number of nitrogens with one attached hydrogen (secondary N) is 2. The van der Waals surface area contributed by atoms with Crippen LogP contribution in [0.1, 0.15) is 23.5 Å². The Labute approximate surface area is 143 Å². The van der Waals surface area contributed by atoms with E-state index in [-0.39, 0.29) is 23.8 Å². The lowest BCUT2D eigenvalue weighted by atomic mass is 9.87. The van der Waals surface area contributed by atoms with Crippen molar-refractivity contribution in [3.8, 4) is 18.1 Å². The highest BCUT2D eigenvalue weighted by molar-refractivity contribution is 7.99. The summed E-state index contributed by atoms with van der Waals surface area (Å²) in [7, 11) is 1.59. The molecule has 1 aromatic carbocycles. The van der Waals surface area contributed by atoms with E-state index in [1.807, 2.05) is 12.1 Å². The molecular formula is C17H15N3O3S. The molecule has 2 heterocycles. The fourth-order valence-electron chi connectivity index (χ4n) is 2.65. The summed E-state index contributed by atoms with van der Waals surface area (Å²) in [5.41, 5.74) is 1.06. The van der Waals surface area contributed by atoms with Crippen LogP contribution in [0.4, 0.5) is 5.82 Å². The van der Waals surface area contributed by atoms with Gasteiger partial charge in [0.15, 0.2) is 5.16 Å². The van der Waals surface area contributed by atoms with Gasteiger partial charge in [-0.1, -0.05) is 29.8 Å². The smallest absolute Gasteiger partial charge is 0.257 e. The number of nitrogens with zero attached hydrogens (tertiary/aromatic N) is 1. The maximum absolute atomic E-state index is 12.5. The minimum Gasteiger partial charge on any atom is -0.497 e. The van der Waals surface area contributed by atoms with Crippen LogP contribution in [-0.4, -0.2) is 28.7 Å². The zero-order valence-electron chi connectivity index (χ0n) is 13.0. The van der Waals surface area contributed by atoms with Gasteiger partial charge in [0.05, 0.1) is 18.4 Å². The highest BCUT2D eigenvalue weighted by Gasteiger charge is 2.30. The van der Waals surface area contributed by atoms with Gasteiger partial charge in [0, 0.05) is 12.3 Å². The van der Waals surface area contributed by atoms with E-state index in [9.17, 15) is 9.59 Å². The van der Waals surface area contributed by atoms with Gasteiger partial charge in [0.2, 0.25) is 5.91 Å². The number of hydrogen-bond donors (Lipinski definition) is 2. The minimum atomic E-state index is -0.345. The number of aromatic nitrogens is 2. The Bertz CT molecular complexity index is 868. The average molecular weight is 341 g/mol. The first-order valence-corrected chi connectivity index (χ1v) is 8.25. The third-order valence-electron chi connectivity index (χ3n) is 3.74. The number of carbonyl (C=O) groups excluding carboxylic acids is 1. The largest absolute Gasteiger partial charge is 0.497 e. The molecule has 2 aromatic rings. The number of benzene rings is 1. The fraction of sp³-hybridized carbons (Fsp3) is 0.235. The van der Waals surface area contributed by atoms with Crippen LogP contribution in [0.15, 0.2) is 34.2 Å². The van der Waals surface area contributed by atoms with Gasteiger partial charge in [-0.2, -0.15) is 0 Å². The van der Waals surface area contributed by atoms with Crippen LogP contribution in [0.3, 0.4) is 0 Å². The monoisotopic (exact) mass is 341 g/mol. The molecule has 122 valence electrons. The Balaban J connectivity index is 2.04. The summed E-state index contributed by atoms with van der Waals surface area (Å²) >= 11 is 1.24. The van der Waals surface area contributed by atoms with E-state index in [1.54, 1.807) is 19.2 Å². The first-order valence-electron chi connectivity index (χ1n) is 7.26. The van der Waals surface area contributed by atoms with Crippen molar-refractivity contribution in [2.24, 2.45) is 0 Å². The van der Waals surface area contributed by atoms with E-state index in [0.29, 0.717) is 28.0 Å². The van der Waals surface area contributed by atoms with E-state index in [4.69, 9.17) is 11.2 Å². The number of ether oxygens (including phenoxy) is 1.